The van der Waals surface area contributed by atoms with E-state index in [0.717, 1.165) is 4.90 Å². The maximum absolute atomic E-state index is 13.9. The van der Waals surface area contributed by atoms with Crippen LogP contribution in [-0.4, -0.2) is 483 Å². The van der Waals surface area contributed by atoms with Gasteiger partial charge in [-0.1, -0.05) is 0 Å². The predicted octanol–water partition coefficient (Wildman–Crippen LogP) is -10.7. The first-order valence-corrected chi connectivity index (χ1v) is 36.9. The molecule has 0 saturated carbocycles. The van der Waals surface area contributed by atoms with Crippen molar-refractivity contribution in [2.75, 3.05) is 264 Å². The Morgan fingerprint density at radius 1 is 0.324 bits per heavy atom. The van der Waals surface area contributed by atoms with Crippen molar-refractivity contribution in [1.82, 2.24) is 25.3 Å². The van der Waals surface area contributed by atoms with Crippen molar-refractivity contribution in [2.24, 2.45) is 35.5 Å². The van der Waals surface area contributed by atoms with Gasteiger partial charge in [-0.3, -0.25) is 43.5 Å². The molecular formula is C68H129N5O38. The molecule has 1 saturated heterocycles. The van der Waals surface area contributed by atoms with Crippen LogP contribution < -0.4 is 10.6 Å². The molecule has 1 fully saturated rings. The number of carboxylic acid groups (broad SMARTS) is 4. The summed E-state index contributed by atoms with van der Waals surface area (Å²) in [6, 6.07) is -3.12. The van der Waals surface area contributed by atoms with Crippen LogP contribution in [0.3, 0.4) is 0 Å². The number of carbonyl (C=O) groups is 6. The van der Waals surface area contributed by atoms with Gasteiger partial charge >= 0.3 is 23.9 Å². The fourth-order valence-corrected chi connectivity index (χ4v) is 11.0. The number of amides is 2. The number of ether oxygens (including phenoxy) is 12. The first-order valence-electron chi connectivity index (χ1n) is 36.9. The SMILES string of the molecule is CC1(N(CC(=O)O)CC(=O)O)CN(C(CCC(=O)NCC(COCC(COC(CO)CO)COC(CO)CO)COCC(COC(CO)CO)COC(CO)CO)C(=O)O)CCN(C(CCC(=O)NCC(COCC(COC(CO)CO)COC(CO)CO)COCC(COC(CO)CO)COC(CO)CO)C(=O)O)C1. The molecule has 1 rings (SSSR count). The smallest absolute Gasteiger partial charge is 0.320 e. The van der Waals surface area contributed by atoms with Gasteiger partial charge in [-0.05, 0) is 19.8 Å². The number of rotatable bonds is 75. The third kappa shape index (κ3) is 46.2. The quantitative estimate of drug-likeness (QED) is 0.0269. The normalized spacial score (nSPS) is 15.6. The molecule has 1 heterocycles. The average Bonchev–Trinajstić information content (AvgIpc) is 1.71. The van der Waals surface area contributed by atoms with Crippen LogP contribution in [0.1, 0.15) is 32.6 Å². The van der Waals surface area contributed by atoms with Gasteiger partial charge in [-0.15, -0.1) is 0 Å². The minimum absolute atomic E-state index is 0.126. The van der Waals surface area contributed by atoms with Gasteiger partial charge in [0.15, 0.2) is 0 Å². The molecule has 0 aromatic heterocycles. The minimum atomic E-state index is -1.68. The van der Waals surface area contributed by atoms with Gasteiger partial charge in [0, 0.05) is 93.2 Å². The molecule has 0 aromatic carbocycles. The lowest BCUT2D eigenvalue weighted by molar-refractivity contribution is -0.150. The number of carbonyl (C=O) groups excluding carboxylic acids is 2. The van der Waals surface area contributed by atoms with Gasteiger partial charge in [-0.25, -0.2) is 0 Å². The predicted molar refractivity (Wildman–Crippen MR) is 381 cm³/mol. The van der Waals surface area contributed by atoms with Crippen molar-refractivity contribution in [3.8, 4) is 0 Å². The van der Waals surface area contributed by atoms with Gasteiger partial charge in [0.25, 0.3) is 0 Å². The van der Waals surface area contributed by atoms with E-state index in [1.165, 1.54) is 16.7 Å². The fourth-order valence-electron chi connectivity index (χ4n) is 11.0. The largest absolute Gasteiger partial charge is 0.480 e. The summed E-state index contributed by atoms with van der Waals surface area (Å²) in [5.74, 6) is -11.2. The molecule has 2 amide bonds. The fraction of sp³-hybridized carbons (Fsp3) is 0.912. The van der Waals surface area contributed by atoms with E-state index in [0.29, 0.717) is 0 Å². The molecule has 0 radical (unpaired) electrons. The van der Waals surface area contributed by atoms with E-state index in [-0.39, 0.29) is 132 Å². The first kappa shape index (κ1) is 105. The summed E-state index contributed by atoms with van der Waals surface area (Å²) < 4.78 is 69.1. The second kappa shape index (κ2) is 63.8. The highest BCUT2D eigenvalue weighted by atomic mass is 16.6. The molecular weight excluding hydrogens is 1490 g/mol. The first-order chi connectivity index (χ1) is 53.3. The molecule has 0 aromatic rings. The molecule has 43 heteroatoms. The minimum Gasteiger partial charge on any atom is -0.480 e. The Labute approximate surface area is 645 Å². The van der Waals surface area contributed by atoms with Crippen LogP contribution in [0.4, 0.5) is 0 Å². The number of nitrogens with zero attached hydrogens (tertiary/aromatic N) is 3. The van der Waals surface area contributed by atoms with E-state index < -0.39 is 295 Å². The van der Waals surface area contributed by atoms with Crippen molar-refractivity contribution in [3.63, 3.8) is 0 Å². The molecule has 2 unspecified atom stereocenters. The van der Waals surface area contributed by atoms with Crippen LogP contribution >= 0.6 is 0 Å². The van der Waals surface area contributed by atoms with Crippen molar-refractivity contribution >= 4 is 35.7 Å². The van der Waals surface area contributed by atoms with Crippen molar-refractivity contribution in [3.05, 3.63) is 0 Å². The van der Waals surface area contributed by atoms with Gasteiger partial charge < -0.3 is 170 Å². The lowest BCUT2D eigenvalue weighted by Gasteiger charge is -2.44. The number of hydrogen-bond donors (Lipinski definition) is 22. The second-order valence-electron chi connectivity index (χ2n) is 27.4. The molecule has 43 nitrogen and oxygen atoms in total. The van der Waals surface area contributed by atoms with Crippen LogP contribution in [0.25, 0.3) is 0 Å². The number of aliphatic hydroxyl groups is 16. The van der Waals surface area contributed by atoms with E-state index in [4.69, 9.17) is 56.8 Å². The molecule has 654 valence electrons. The summed E-state index contributed by atoms with van der Waals surface area (Å²) in [6.45, 7) is -12.9. The van der Waals surface area contributed by atoms with Gasteiger partial charge in [0.2, 0.25) is 11.8 Å². The third-order valence-corrected chi connectivity index (χ3v) is 17.7. The summed E-state index contributed by atoms with van der Waals surface area (Å²) in [6.07, 6.45) is -9.56. The molecule has 1 aliphatic heterocycles. The van der Waals surface area contributed by atoms with E-state index >= 15 is 0 Å². The second-order valence-corrected chi connectivity index (χ2v) is 27.4. The molecule has 111 heavy (non-hydrogen) atoms. The number of carboxylic acids is 4. The number of aliphatic carboxylic acids is 4. The Morgan fingerprint density at radius 3 is 0.703 bits per heavy atom. The van der Waals surface area contributed by atoms with Gasteiger partial charge in [-0.2, -0.15) is 0 Å². The maximum Gasteiger partial charge on any atom is 0.320 e. The Morgan fingerprint density at radius 2 is 0.523 bits per heavy atom. The molecule has 0 bridgehead atoms. The lowest BCUT2D eigenvalue weighted by Crippen LogP contribution is -2.62. The van der Waals surface area contributed by atoms with Crippen molar-refractivity contribution in [2.45, 2.75) is 99.1 Å². The maximum atomic E-state index is 13.9. The third-order valence-electron chi connectivity index (χ3n) is 17.7. The Hall–Kier alpha value is -4.42. The lowest BCUT2D eigenvalue weighted by atomic mass is 9.95. The molecule has 1 aliphatic rings. The topological polar surface area (TPSA) is 652 Å². The molecule has 22 N–H and O–H groups in total. The highest BCUT2D eigenvalue weighted by molar-refractivity contribution is 5.79. The molecule has 0 aliphatic carbocycles. The van der Waals surface area contributed by atoms with Crippen molar-refractivity contribution < 1.29 is 188 Å². The number of hydrogen-bond acceptors (Lipinski definition) is 37. The highest BCUT2D eigenvalue weighted by Gasteiger charge is 2.45. The van der Waals surface area contributed by atoms with E-state index in [9.17, 15) is 131 Å². The van der Waals surface area contributed by atoms with E-state index in [1.807, 2.05) is 0 Å². The standard InChI is InChI=1S/C68H129N5O38/c1-68(73(10-64(92)93)11-65(94)95)44-71(60(66(96)97)2-4-62(90)69-8-46(28-100-32-48(36-104-52(12-74)13-75)37-105-53(14-76)15-77)29-101-33-49(38-106-54(16-78)17-79)39-107-55(18-80)19-81)6-7-72(45-68)61(67(98)99)3-5-63(91)70-9-47(30-102-34-50(40-108-56(20-82)21-83)41-109-57(22-84)23-85)31-103-35-51(42-110-58(24-86)25-87)43-111-59(26-88)27-89/h46-61,74-89H,2-45H2,1H3,(H,69,90)(H,70,91)(H,92,93)(H,94,95)(H,96,97)(H,98,99). The molecule has 0 spiro atoms. The summed E-state index contributed by atoms with van der Waals surface area (Å²) in [5, 5.41) is 201. The van der Waals surface area contributed by atoms with Crippen LogP contribution in [-0.2, 0) is 85.6 Å². The summed E-state index contributed by atoms with van der Waals surface area (Å²) >= 11 is 0. The highest BCUT2D eigenvalue weighted by Crippen LogP contribution is 2.27. The summed E-state index contributed by atoms with van der Waals surface area (Å²) in [7, 11) is 0. The Balaban J connectivity index is 3.68. The van der Waals surface area contributed by atoms with Crippen LogP contribution in [0.15, 0.2) is 0 Å². The summed E-state index contributed by atoms with van der Waals surface area (Å²) in [5.41, 5.74) is -1.68. The van der Waals surface area contributed by atoms with Crippen LogP contribution in [0.2, 0.25) is 0 Å². The van der Waals surface area contributed by atoms with Crippen LogP contribution in [0, 0.1) is 35.5 Å². The number of aliphatic hydroxyl groups excluding tert-OH is 16. The van der Waals surface area contributed by atoms with Gasteiger partial charge in [0.1, 0.15) is 60.9 Å². The monoisotopic (exact) mass is 1620 g/mol. The van der Waals surface area contributed by atoms with Crippen molar-refractivity contribution in [1.29, 1.82) is 0 Å². The van der Waals surface area contributed by atoms with E-state index in [1.54, 1.807) is 0 Å². The zero-order chi connectivity index (χ0) is 82.9. The zero-order valence-corrected chi connectivity index (χ0v) is 63.5. The van der Waals surface area contributed by atoms with Crippen LogP contribution in [0.5, 0.6) is 0 Å². The summed E-state index contributed by atoms with van der Waals surface area (Å²) in [4.78, 5) is 83.4. The zero-order valence-electron chi connectivity index (χ0n) is 63.5. The van der Waals surface area contributed by atoms with Gasteiger partial charge in [0.05, 0.1) is 225 Å². The average molecular weight is 1620 g/mol. The Kier molecular flexibility index (Phi) is 60.1. The number of nitrogens with one attached hydrogen (secondary N) is 2. The molecule has 2 atom stereocenters. The van der Waals surface area contributed by atoms with E-state index in [2.05, 4.69) is 10.6 Å². The Bertz CT molecular complexity index is 2060.